The van der Waals surface area contributed by atoms with Gasteiger partial charge >= 0.3 is 0 Å². The number of benzene rings is 1. The zero-order valence-electron chi connectivity index (χ0n) is 11.8. The van der Waals surface area contributed by atoms with E-state index in [0.717, 1.165) is 26.1 Å². The third-order valence-corrected chi connectivity index (χ3v) is 4.37. The predicted molar refractivity (Wildman–Crippen MR) is 87.3 cm³/mol. The Kier molecular flexibility index (Phi) is 4.19. The van der Waals surface area contributed by atoms with E-state index in [2.05, 4.69) is 64.1 Å². The first-order valence-corrected chi connectivity index (χ1v) is 8.10. The zero-order valence-corrected chi connectivity index (χ0v) is 12.6. The number of rotatable bonds is 6. The molecule has 0 aliphatic carbocycles. The highest BCUT2D eigenvalue weighted by molar-refractivity contribution is 7.07. The zero-order chi connectivity index (χ0) is 13.8. The van der Waals surface area contributed by atoms with Crippen LogP contribution in [0, 0.1) is 0 Å². The molecule has 0 amide bonds. The van der Waals surface area contributed by atoms with Crippen molar-refractivity contribution in [3.05, 3.63) is 58.4 Å². The van der Waals surface area contributed by atoms with Crippen LogP contribution in [-0.4, -0.2) is 11.1 Å². The topological polar surface area (TPSA) is 17.0 Å². The molecule has 0 saturated heterocycles. The maximum Gasteiger partial charge on any atom is 0.0483 e. The molecule has 104 valence electrons. The van der Waals surface area contributed by atoms with Crippen molar-refractivity contribution in [1.82, 2.24) is 9.88 Å². The first-order valence-electron chi connectivity index (χ1n) is 7.16. The van der Waals surface area contributed by atoms with Crippen molar-refractivity contribution < 1.29 is 0 Å². The number of hydrogen-bond donors (Lipinski definition) is 1. The third kappa shape index (κ3) is 2.94. The molecule has 0 bridgehead atoms. The van der Waals surface area contributed by atoms with E-state index in [4.69, 9.17) is 0 Å². The van der Waals surface area contributed by atoms with Crippen LogP contribution in [0.3, 0.4) is 0 Å². The third-order valence-electron chi connectivity index (χ3n) is 3.64. The van der Waals surface area contributed by atoms with Crippen molar-refractivity contribution in [3.63, 3.8) is 0 Å². The highest BCUT2D eigenvalue weighted by Crippen LogP contribution is 2.19. The molecule has 0 aliphatic rings. The fraction of sp³-hybridized carbons (Fsp3) is 0.294. The van der Waals surface area contributed by atoms with Gasteiger partial charge in [-0.05, 0) is 58.4 Å². The molecule has 0 radical (unpaired) electrons. The van der Waals surface area contributed by atoms with Crippen molar-refractivity contribution >= 4 is 22.2 Å². The summed E-state index contributed by atoms with van der Waals surface area (Å²) < 4.78 is 2.36. The van der Waals surface area contributed by atoms with Crippen LogP contribution >= 0.6 is 11.3 Å². The van der Waals surface area contributed by atoms with Gasteiger partial charge in [0, 0.05) is 24.8 Å². The van der Waals surface area contributed by atoms with E-state index in [1.807, 2.05) is 0 Å². The number of aromatic nitrogens is 1. The first kappa shape index (κ1) is 13.4. The molecule has 3 rings (SSSR count). The number of nitrogens with zero attached hydrogens (tertiary/aromatic N) is 1. The second-order valence-corrected chi connectivity index (χ2v) is 5.84. The lowest BCUT2D eigenvalue weighted by Gasteiger charge is -2.07. The highest BCUT2D eigenvalue weighted by Gasteiger charge is 2.03. The molecule has 0 spiro atoms. The largest absolute Gasteiger partial charge is 0.347 e. The summed E-state index contributed by atoms with van der Waals surface area (Å²) in [6.07, 6.45) is 3.30. The highest BCUT2D eigenvalue weighted by atomic mass is 32.1. The molecule has 0 aliphatic heterocycles. The maximum atomic E-state index is 3.39. The van der Waals surface area contributed by atoms with Gasteiger partial charge in [0.25, 0.3) is 0 Å². The van der Waals surface area contributed by atoms with E-state index in [-0.39, 0.29) is 0 Å². The Morgan fingerprint density at radius 2 is 2.10 bits per heavy atom. The monoisotopic (exact) mass is 284 g/mol. The van der Waals surface area contributed by atoms with Crippen molar-refractivity contribution in [2.24, 2.45) is 0 Å². The van der Waals surface area contributed by atoms with Crippen LogP contribution in [-0.2, 0) is 19.5 Å². The van der Waals surface area contributed by atoms with Gasteiger partial charge in [-0.15, -0.1) is 0 Å². The summed E-state index contributed by atoms with van der Waals surface area (Å²) in [5.74, 6) is 0. The van der Waals surface area contributed by atoms with Gasteiger partial charge in [0.05, 0.1) is 0 Å². The van der Waals surface area contributed by atoms with Gasteiger partial charge < -0.3 is 9.88 Å². The standard InChI is InChI=1S/C17H20N2S/c1-2-18-12-15-3-4-16-6-9-19(17(16)11-15)8-5-14-7-10-20-13-14/h3-4,6-7,9-11,13,18H,2,5,8,12H2,1H3. The Morgan fingerprint density at radius 3 is 2.90 bits per heavy atom. The summed E-state index contributed by atoms with van der Waals surface area (Å²) in [5, 5.41) is 9.11. The van der Waals surface area contributed by atoms with Crippen LogP contribution in [0.4, 0.5) is 0 Å². The molecule has 0 atom stereocenters. The molecule has 2 heterocycles. The Labute approximate surface area is 124 Å². The van der Waals surface area contributed by atoms with Crippen LogP contribution in [0.15, 0.2) is 47.3 Å². The lowest BCUT2D eigenvalue weighted by Crippen LogP contribution is -2.11. The lowest BCUT2D eigenvalue weighted by molar-refractivity contribution is 0.717. The molecule has 3 aromatic rings. The summed E-state index contributed by atoms with van der Waals surface area (Å²) in [6, 6.07) is 11.2. The van der Waals surface area contributed by atoms with Crippen LogP contribution in [0.25, 0.3) is 10.9 Å². The van der Waals surface area contributed by atoms with Crippen LogP contribution < -0.4 is 5.32 Å². The molecule has 1 aromatic carbocycles. The van der Waals surface area contributed by atoms with E-state index in [0.29, 0.717) is 0 Å². The molecule has 3 heteroatoms. The van der Waals surface area contributed by atoms with Gasteiger partial charge in [-0.1, -0.05) is 19.1 Å². The lowest BCUT2D eigenvalue weighted by atomic mass is 10.1. The van der Waals surface area contributed by atoms with Crippen LogP contribution in [0.1, 0.15) is 18.1 Å². The molecule has 0 unspecified atom stereocenters. The van der Waals surface area contributed by atoms with E-state index in [9.17, 15) is 0 Å². The predicted octanol–water partition coefficient (Wildman–Crippen LogP) is 4.06. The van der Waals surface area contributed by atoms with Gasteiger partial charge in [0.2, 0.25) is 0 Å². The quantitative estimate of drug-likeness (QED) is 0.722. The van der Waals surface area contributed by atoms with Gasteiger partial charge in [0.15, 0.2) is 0 Å². The summed E-state index contributed by atoms with van der Waals surface area (Å²) >= 11 is 1.77. The van der Waals surface area contributed by atoms with Crippen molar-refractivity contribution in [1.29, 1.82) is 0 Å². The Bertz CT molecular complexity index is 667. The Morgan fingerprint density at radius 1 is 1.15 bits per heavy atom. The fourth-order valence-electron chi connectivity index (χ4n) is 2.49. The summed E-state index contributed by atoms with van der Waals surface area (Å²) in [4.78, 5) is 0. The van der Waals surface area contributed by atoms with Gasteiger partial charge in [-0.2, -0.15) is 11.3 Å². The molecular weight excluding hydrogens is 264 g/mol. The molecular formula is C17H20N2S. The van der Waals surface area contributed by atoms with E-state index in [1.165, 1.54) is 22.0 Å². The number of fused-ring (bicyclic) bond motifs is 1. The van der Waals surface area contributed by atoms with Crippen molar-refractivity contribution in [2.75, 3.05) is 6.54 Å². The summed E-state index contributed by atoms with van der Waals surface area (Å²) in [6.45, 7) is 5.15. The van der Waals surface area contributed by atoms with Crippen molar-refractivity contribution in [3.8, 4) is 0 Å². The Hall–Kier alpha value is -1.58. The minimum atomic E-state index is 0.947. The van der Waals surface area contributed by atoms with Crippen LogP contribution in [0.5, 0.6) is 0 Å². The van der Waals surface area contributed by atoms with Crippen LogP contribution in [0.2, 0.25) is 0 Å². The Balaban J connectivity index is 1.79. The molecule has 2 aromatic heterocycles. The van der Waals surface area contributed by atoms with E-state index >= 15 is 0 Å². The number of hydrogen-bond acceptors (Lipinski definition) is 2. The smallest absolute Gasteiger partial charge is 0.0483 e. The maximum absolute atomic E-state index is 3.39. The molecule has 1 N–H and O–H groups in total. The first-order chi connectivity index (χ1) is 9.86. The minimum absolute atomic E-state index is 0.947. The van der Waals surface area contributed by atoms with Crippen molar-refractivity contribution in [2.45, 2.75) is 26.4 Å². The molecule has 2 nitrogen and oxygen atoms in total. The minimum Gasteiger partial charge on any atom is -0.347 e. The van der Waals surface area contributed by atoms with E-state index in [1.54, 1.807) is 11.3 Å². The number of aryl methyl sites for hydroxylation is 2. The summed E-state index contributed by atoms with van der Waals surface area (Å²) in [7, 11) is 0. The SMILES string of the molecule is CCNCc1ccc2ccn(CCc3ccsc3)c2c1. The second-order valence-electron chi connectivity index (χ2n) is 5.06. The molecule has 0 saturated carbocycles. The second kappa shape index (κ2) is 6.25. The number of thiophene rings is 1. The van der Waals surface area contributed by atoms with Gasteiger partial charge in [-0.25, -0.2) is 0 Å². The average Bonchev–Trinajstić information content (AvgIpc) is 3.12. The summed E-state index contributed by atoms with van der Waals surface area (Å²) in [5.41, 5.74) is 4.13. The fourth-order valence-corrected chi connectivity index (χ4v) is 3.19. The molecule has 0 fully saturated rings. The van der Waals surface area contributed by atoms with E-state index < -0.39 is 0 Å². The van der Waals surface area contributed by atoms with Gasteiger partial charge in [0.1, 0.15) is 0 Å². The number of nitrogens with one attached hydrogen (secondary N) is 1. The molecule has 20 heavy (non-hydrogen) atoms. The van der Waals surface area contributed by atoms with Gasteiger partial charge in [-0.3, -0.25) is 0 Å². The average molecular weight is 284 g/mol. The normalized spacial score (nSPS) is 11.2.